The van der Waals surface area contributed by atoms with Crippen LogP contribution in [0.25, 0.3) is 0 Å². The summed E-state index contributed by atoms with van der Waals surface area (Å²) in [6.07, 6.45) is 0.765. The number of carbonyl (C=O) groups excluding carboxylic acids is 1. The van der Waals surface area contributed by atoms with E-state index < -0.39 is 10.0 Å². The van der Waals surface area contributed by atoms with Gasteiger partial charge in [-0.15, -0.1) is 0 Å². The fraction of sp³-hybridized carbons (Fsp3) is 0.389. The number of carbonyl (C=O) groups is 1. The predicted octanol–water partition coefficient (Wildman–Crippen LogP) is 1.89. The third-order valence-electron chi connectivity index (χ3n) is 4.78. The first-order valence-electron chi connectivity index (χ1n) is 8.57. The maximum atomic E-state index is 12.9. The van der Waals surface area contributed by atoms with E-state index in [1.165, 1.54) is 16.4 Å². The van der Waals surface area contributed by atoms with Crippen LogP contribution in [0, 0.1) is 0 Å². The summed E-state index contributed by atoms with van der Waals surface area (Å²) in [6.45, 7) is 3.24. The van der Waals surface area contributed by atoms with Gasteiger partial charge >= 0.3 is 0 Å². The van der Waals surface area contributed by atoms with Crippen molar-refractivity contribution in [3.05, 3.63) is 47.7 Å². The van der Waals surface area contributed by atoms with Crippen molar-refractivity contribution in [3.63, 3.8) is 0 Å². The summed E-state index contributed by atoms with van der Waals surface area (Å²) in [6, 6.07) is 10.5. The maximum Gasteiger partial charge on any atom is 0.294 e. The molecule has 7 nitrogen and oxygen atoms in total. The summed E-state index contributed by atoms with van der Waals surface area (Å²) >= 11 is 0. The van der Waals surface area contributed by atoms with Crippen molar-refractivity contribution in [2.75, 3.05) is 31.2 Å². The van der Waals surface area contributed by atoms with Gasteiger partial charge in [-0.05, 0) is 37.1 Å². The van der Waals surface area contributed by atoms with E-state index in [1.807, 2.05) is 31.2 Å². The number of anilines is 1. The molecule has 0 aliphatic carbocycles. The SMILES string of the molecule is CC1Cc2ccccc2N1C(=O)c1ccc(S(=O)(=O)N2CCOCC2)o1. The largest absolute Gasteiger partial charge is 0.438 e. The third-order valence-corrected chi connectivity index (χ3v) is 6.56. The van der Waals surface area contributed by atoms with E-state index in [4.69, 9.17) is 9.15 Å². The molecule has 2 aliphatic rings. The van der Waals surface area contributed by atoms with Crippen LogP contribution in [0.15, 0.2) is 45.9 Å². The van der Waals surface area contributed by atoms with Gasteiger partial charge in [0.05, 0.1) is 13.2 Å². The molecule has 138 valence electrons. The van der Waals surface area contributed by atoms with Gasteiger partial charge < -0.3 is 14.1 Å². The summed E-state index contributed by atoms with van der Waals surface area (Å²) in [5.41, 5.74) is 1.94. The number of fused-ring (bicyclic) bond motifs is 1. The quantitative estimate of drug-likeness (QED) is 0.817. The topological polar surface area (TPSA) is 80.1 Å². The number of morpholine rings is 1. The molecule has 2 aliphatic heterocycles. The molecule has 3 heterocycles. The highest BCUT2D eigenvalue weighted by molar-refractivity contribution is 7.89. The third kappa shape index (κ3) is 2.84. The van der Waals surface area contributed by atoms with E-state index in [1.54, 1.807) is 4.90 Å². The molecule has 26 heavy (non-hydrogen) atoms. The average molecular weight is 376 g/mol. The van der Waals surface area contributed by atoms with Gasteiger partial charge in [-0.2, -0.15) is 4.31 Å². The molecular formula is C18H20N2O5S. The number of nitrogens with zero attached hydrogens (tertiary/aromatic N) is 2. The van der Waals surface area contributed by atoms with Gasteiger partial charge in [-0.25, -0.2) is 8.42 Å². The zero-order chi connectivity index (χ0) is 18.3. The van der Waals surface area contributed by atoms with Gasteiger partial charge in [0.25, 0.3) is 15.9 Å². The molecule has 1 aromatic carbocycles. The van der Waals surface area contributed by atoms with Crippen molar-refractivity contribution in [2.45, 2.75) is 24.5 Å². The second-order valence-corrected chi connectivity index (χ2v) is 8.36. The smallest absolute Gasteiger partial charge is 0.294 e. The van der Waals surface area contributed by atoms with Crippen LogP contribution >= 0.6 is 0 Å². The Labute approximate surface area is 152 Å². The van der Waals surface area contributed by atoms with Crippen LogP contribution in [0.2, 0.25) is 0 Å². The summed E-state index contributed by atoms with van der Waals surface area (Å²) < 4.78 is 37.3. The van der Waals surface area contributed by atoms with Crippen molar-refractivity contribution >= 4 is 21.6 Å². The van der Waals surface area contributed by atoms with E-state index >= 15 is 0 Å². The average Bonchev–Trinajstić information content (AvgIpc) is 3.26. The molecule has 0 spiro atoms. The lowest BCUT2D eigenvalue weighted by Gasteiger charge is -2.24. The highest BCUT2D eigenvalue weighted by atomic mass is 32.2. The molecule has 8 heteroatoms. The van der Waals surface area contributed by atoms with Gasteiger partial charge in [0.1, 0.15) is 0 Å². The highest BCUT2D eigenvalue weighted by Gasteiger charge is 2.35. The van der Waals surface area contributed by atoms with Crippen molar-refractivity contribution in [1.29, 1.82) is 0 Å². The molecule has 1 fully saturated rings. The van der Waals surface area contributed by atoms with Crippen molar-refractivity contribution in [3.8, 4) is 0 Å². The van der Waals surface area contributed by atoms with Crippen LogP contribution in [0.1, 0.15) is 23.0 Å². The number of furan rings is 1. The lowest BCUT2D eigenvalue weighted by Crippen LogP contribution is -2.40. The predicted molar refractivity (Wildman–Crippen MR) is 94.7 cm³/mol. The van der Waals surface area contributed by atoms with Gasteiger partial charge in [0.15, 0.2) is 5.76 Å². The summed E-state index contributed by atoms with van der Waals surface area (Å²) in [5.74, 6) is -0.300. The van der Waals surface area contributed by atoms with E-state index in [0.29, 0.717) is 13.2 Å². The van der Waals surface area contributed by atoms with Crippen LogP contribution < -0.4 is 4.90 Å². The van der Waals surface area contributed by atoms with E-state index in [2.05, 4.69) is 0 Å². The Kier molecular flexibility index (Phi) is 4.34. The van der Waals surface area contributed by atoms with Crippen LogP contribution in [0.3, 0.4) is 0 Å². The first kappa shape index (κ1) is 17.3. The Morgan fingerprint density at radius 3 is 2.62 bits per heavy atom. The minimum Gasteiger partial charge on any atom is -0.438 e. The van der Waals surface area contributed by atoms with Gasteiger partial charge in [0.2, 0.25) is 5.09 Å². The lowest BCUT2D eigenvalue weighted by molar-refractivity contribution is 0.0723. The molecule has 0 saturated carbocycles. The van der Waals surface area contributed by atoms with Gasteiger partial charge in [-0.1, -0.05) is 18.2 Å². The Morgan fingerprint density at radius 2 is 1.85 bits per heavy atom. The molecule has 0 N–H and O–H groups in total. The maximum absolute atomic E-state index is 12.9. The number of amides is 1. The molecule has 4 rings (SSSR count). The Balaban J connectivity index is 1.61. The zero-order valence-electron chi connectivity index (χ0n) is 14.4. The van der Waals surface area contributed by atoms with Crippen LogP contribution in [-0.2, 0) is 21.2 Å². The second kappa shape index (κ2) is 6.53. The summed E-state index contributed by atoms with van der Waals surface area (Å²) in [7, 11) is -3.76. The van der Waals surface area contributed by atoms with Crippen LogP contribution in [0.4, 0.5) is 5.69 Å². The molecular weight excluding hydrogens is 356 g/mol. The van der Waals surface area contributed by atoms with Gasteiger partial charge in [0, 0.05) is 24.8 Å². The molecule has 0 radical (unpaired) electrons. The normalized spacial score (nSPS) is 21.0. The zero-order valence-corrected chi connectivity index (χ0v) is 15.2. The molecule has 1 unspecified atom stereocenters. The Morgan fingerprint density at radius 1 is 1.12 bits per heavy atom. The van der Waals surface area contributed by atoms with E-state index in [-0.39, 0.29) is 35.9 Å². The van der Waals surface area contributed by atoms with Crippen molar-refractivity contribution in [1.82, 2.24) is 4.31 Å². The first-order chi connectivity index (χ1) is 12.5. The highest BCUT2D eigenvalue weighted by Crippen LogP contribution is 2.33. The van der Waals surface area contributed by atoms with Crippen molar-refractivity contribution in [2.24, 2.45) is 0 Å². The second-order valence-electron chi connectivity index (χ2n) is 6.49. The van der Waals surface area contributed by atoms with Crippen molar-refractivity contribution < 1.29 is 22.4 Å². The fourth-order valence-electron chi connectivity index (χ4n) is 3.48. The fourth-order valence-corrected chi connectivity index (χ4v) is 4.80. The molecule has 1 atom stereocenters. The Bertz CT molecular complexity index is 931. The number of hydrogen-bond donors (Lipinski definition) is 0. The molecule has 1 saturated heterocycles. The number of rotatable bonds is 3. The monoisotopic (exact) mass is 376 g/mol. The molecule has 1 amide bonds. The van der Waals surface area contributed by atoms with Crippen LogP contribution in [-0.4, -0.2) is 51.0 Å². The number of hydrogen-bond acceptors (Lipinski definition) is 5. The minimum absolute atomic E-state index is 0.00991. The van der Waals surface area contributed by atoms with Gasteiger partial charge in [-0.3, -0.25) is 4.79 Å². The number of para-hydroxylation sites is 1. The first-order valence-corrected chi connectivity index (χ1v) is 10.0. The molecule has 2 aromatic rings. The number of ether oxygens (including phenoxy) is 1. The number of sulfonamides is 1. The summed E-state index contributed by atoms with van der Waals surface area (Å²) in [4.78, 5) is 14.6. The minimum atomic E-state index is -3.76. The summed E-state index contributed by atoms with van der Waals surface area (Å²) in [5, 5.41) is -0.206. The number of benzene rings is 1. The van der Waals surface area contributed by atoms with E-state index in [0.717, 1.165) is 17.7 Å². The molecule has 0 bridgehead atoms. The van der Waals surface area contributed by atoms with Crippen LogP contribution in [0.5, 0.6) is 0 Å². The lowest BCUT2D eigenvalue weighted by atomic mass is 10.1. The Hall–Kier alpha value is -2.16. The molecule has 1 aromatic heterocycles. The standard InChI is InChI=1S/C18H20N2O5S/c1-13-12-14-4-2-3-5-15(14)20(13)18(21)16-6-7-17(25-16)26(22,23)19-8-10-24-11-9-19/h2-7,13H,8-12H2,1H3. The van der Waals surface area contributed by atoms with E-state index in [9.17, 15) is 13.2 Å².